The third-order valence-electron chi connectivity index (χ3n) is 2.74. The average Bonchev–Trinajstić information content (AvgIpc) is 1.68. The molecule has 8 heavy (non-hydrogen) atoms. The minimum atomic E-state index is -0.139. The van der Waals surface area contributed by atoms with Crippen molar-refractivity contribution in [2.45, 2.75) is 30.8 Å². The van der Waals surface area contributed by atoms with E-state index in [4.69, 9.17) is 0 Å². The molecular formula is C7H16S. The van der Waals surface area contributed by atoms with Crippen LogP contribution in [0.3, 0.4) is 0 Å². The smallest absolute Gasteiger partial charge is 0.0133 e. The van der Waals surface area contributed by atoms with Crippen LogP contribution in [0.1, 0.15) is 20.3 Å². The molecule has 0 aromatic rings. The summed E-state index contributed by atoms with van der Waals surface area (Å²) in [6, 6.07) is 0. The molecular weight excluding hydrogens is 116 g/mol. The van der Waals surface area contributed by atoms with Crippen molar-refractivity contribution < 1.29 is 0 Å². The largest absolute Gasteiger partial charge is 0.242 e. The first-order chi connectivity index (χ1) is 3.55. The van der Waals surface area contributed by atoms with E-state index in [2.05, 4.69) is 26.4 Å². The van der Waals surface area contributed by atoms with E-state index < -0.39 is 0 Å². The lowest BCUT2D eigenvalue weighted by molar-refractivity contribution is 0.715. The first kappa shape index (κ1) is 6.47. The van der Waals surface area contributed by atoms with Gasteiger partial charge in [0.1, 0.15) is 0 Å². The molecule has 0 aromatic carbocycles. The summed E-state index contributed by atoms with van der Waals surface area (Å²) in [6.07, 6.45) is 6.38. The molecule has 2 unspecified atom stereocenters. The van der Waals surface area contributed by atoms with Gasteiger partial charge in [0.2, 0.25) is 0 Å². The van der Waals surface area contributed by atoms with Crippen molar-refractivity contribution in [3.05, 3.63) is 0 Å². The first-order valence-corrected chi connectivity index (χ1v) is 5.83. The minimum Gasteiger partial charge on any atom is -0.242 e. The van der Waals surface area contributed by atoms with Gasteiger partial charge in [-0.25, -0.2) is 10.0 Å². The van der Waals surface area contributed by atoms with Gasteiger partial charge in [0.25, 0.3) is 0 Å². The molecule has 1 saturated heterocycles. The molecule has 0 amide bonds. The molecule has 2 atom stereocenters. The second kappa shape index (κ2) is 1.66. The van der Waals surface area contributed by atoms with Crippen molar-refractivity contribution in [3.8, 4) is 0 Å². The summed E-state index contributed by atoms with van der Waals surface area (Å²) >= 11 is 0. The number of hydrogen-bond acceptors (Lipinski definition) is 0. The average molecular weight is 132 g/mol. The molecule has 1 heterocycles. The normalized spacial score (nSPS) is 47.5. The van der Waals surface area contributed by atoms with Gasteiger partial charge < -0.3 is 0 Å². The van der Waals surface area contributed by atoms with Gasteiger partial charge in [0.15, 0.2) is 0 Å². The number of rotatable bonds is 0. The highest BCUT2D eigenvalue weighted by molar-refractivity contribution is 8.34. The highest BCUT2D eigenvalue weighted by Crippen LogP contribution is 2.61. The Bertz CT molecular complexity index is 86.6. The van der Waals surface area contributed by atoms with Crippen molar-refractivity contribution in [1.82, 2.24) is 0 Å². The Labute approximate surface area is 54.0 Å². The lowest BCUT2D eigenvalue weighted by Crippen LogP contribution is -2.36. The van der Waals surface area contributed by atoms with Crippen molar-refractivity contribution in [2.75, 3.05) is 12.5 Å². The van der Waals surface area contributed by atoms with Crippen molar-refractivity contribution in [1.29, 1.82) is 0 Å². The zero-order chi connectivity index (χ0) is 6.36. The lowest BCUT2D eigenvalue weighted by atomic mass is 10.2. The molecule has 1 fully saturated rings. The first-order valence-electron chi connectivity index (χ1n) is 3.26. The van der Waals surface area contributed by atoms with E-state index in [1.54, 1.807) is 0 Å². The summed E-state index contributed by atoms with van der Waals surface area (Å²) in [5.74, 6) is 0. The zero-order valence-corrected chi connectivity index (χ0v) is 7.09. The molecule has 0 aliphatic carbocycles. The molecule has 1 heteroatoms. The van der Waals surface area contributed by atoms with E-state index in [0.717, 1.165) is 10.5 Å². The second-order valence-corrected chi connectivity index (χ2v) is 7.93. The molecule has 1 aliphatic rings. The molecule has 50 valence electrons. The molecule has 0 nitrogen and oxygen atoms in total. The number of hydrogen-bond donors (Lipinski definition) is 0. The molecule has 0 saturated carbocycles. The maximum atomic E-state index is 2.45. The van der Waals surface area contributed by atoms with Crippen LogP contribution in [0, 0.1) is 0 Å². The molecule has 1 rings (SSSR count). The Morgan fingerprint density at radius 3 is 1.50 bits per heavy atom. The van der Waals surface area contributed by atoms with Gasteiger partial charge in [-0.15, -0.1) is 0 Å². The van der Waals surface area contributed by atoms with Crippen LogP contribution in [0.15, 0.2) is 0 Å². The van der Waals surface area contributed by atoms with E-state index in [1.807, 2.05) is 0 Å². The molecule has 0 aromatic heterocycles. The Balaban J connectivity index is 2.52. The maximum Gasteiger partial charge on any atom is -0.0133 e. The highest BCUT2D eigenvalue weighted by atomic mass is 32.3. The van der Waals surface area contributed by atoms with Crippen LogP contribution in [-0.2, 0) is 0 Å². The predicted molar refractivity (Wildman–Crippen MR) is 43.0 cm³/mol. The van der Waals surface area contributed by atoms with E-state index in [9.17, 15) is 0 Å². The summed E-state index contributed by atoms with van der Waals surface area (Å²) in [7, 11) is -0.139. The standard InChI is InChI=1S/C7H16S/c1-6-5-7(2)8(6,3)4/h6-7H,5H2,1-4H3. The SMILES string of the molecule is CC1CC(C)S1(C)C. The van der Waals surface area contributed by atoms with Crippen LogP contribution in [0.25, 0.3) is 0 Å². The Morgan fingerprint density at radius 2 is 1.50 bits per heavy atom. The third-order valence-corrected chi connectivity index (χ3v) is 7.27. The quantitative estimate of drug-likeness (QED) is 0.474. The van der Waals surface area contributed by atoms with E-state index in [0.29, 0.717) is 0 Å². The summed E-state index contributed by atoms with van der Waals surface area (Å²) in [6.45, 7) is 4.77. The van der Waals surface area contributed by atoms with Crippen molar-refractivity contribution in [2.24, 2.45) is 0 Å². The van der Waals surface area contributed by atoms with Crippen molar-refractivity contribution >= 4 is 10.0 Å². The Kier molecular flexibility index (Phi) is 1.34. The third kappa shape index (κ3) is 0.680. The topological polar surface area (TPSA) is 0 Å². The minimum absolute atomic E-state index is 0.139. The fourth-order valence-electron chi connectivity index (χ4n) is 1.24. The van der Waals surface area contributed by atoms with Crippen LogP contribution >= 0.6 is 10.0 Å². The summed E-state index contributed by atoms with van der Waals surface area (Å²) in [5.41, 5.74) is 0. The van der Waals surface area contributed by atoms with Crippen LogP contribution in [0.2, 0.25) is 0 Å². The van der Waals surface area contributed by atoms with Gasteiger partial charge in [0, 0.05) is 0 Å². The van der Waals surface area contributed by atoms with Gasteiger partial charge in [-0.05, 0) is 29.4 Å². The van der Waals surface area contributed by atoms with Crippen LogP contribution in [0.5, 0.6) is 0 Å². The van der Waals surface area contributed by atoms with E-state index in [-0.39, 0.29) is 10.0 Å². The van der Waals surface area contributed by atoms with Crippen LogP contribution in [0.4, 0.5) is 0 Å². The highest BCUT2D eigenvalue weighted by Gasteiger charge is 2.37. The monoisotopic (exact) mass is 132 g/mol. The van der Waals surface area contributed by atoms with Gasteiger partial charge >= 0.3 is 0 Å². The molecule has 0 N–H and O–H groups in total. The maximum absolute atomic E-state index is 2.45. The van der Waals surface area contributed by atoms with Crippen molar-refractivity contribution in [3.63, 3.8) is 0 Å². The lowest BCUT2D eigenvalue weighted by Gasteiger charge is -2.54. The predicted octanol–water partition coefficient (Wildman–Crippen LogP) is 2.23. The molecule has 0 bridgehead atoms. The van der Waals surface area contributed by atoms with Gasteiger partial charge in [-0.2, -0.15) is 0 Å². The Morgan fingerprint density at radius 1 is 1.12 bits per heavy atom. The van der Waals surface area contributed by atoms with Crippen LogP contribution < -0.4 is 0 Å². The molecule has 0 spiro atoms. The van der Waals surface area contributed by atoms with Gasteiger partial charge in [0.05, 0.1) is 0 Å². The molecule has 0 radical (unpaired) electrons. The van der Waals surface area contributed by atoms with Crippen LogP contribution in [-0.4, -0.2) is 23.0 Å². The van der Waals surface area contributed by atoms with Gasteiger partial charge in [-0.3, -0.25) is 0 Å². The van der Waals surface area contributed by atoms with Gasteiger partial charge in [-0.1, -0.05) is 13.8 Å². The Hall–Kier alpha value is 0.350. The summed E-state index contributed by atoms with van der Waals surface area (Å²) in [4.78, 5) is 0. The summed E-state index contributed by atoms with van der Waals surface area (Å²) in [5, 5.41) is 2.08. The molecule has 1 aliphatic heterocycles. The second-order valence-electron chi connectivity index (χ2n) is 3.34. The summed E-state index contributed by atoms with van der Waals surface area (Å²) < 4.78 is 0. The zero-order valence-electron chi connectivity index (χ0n) is 6.27. The fourth-order valence-corrected chi connectivity index (χ4v) is 3.24. The fraction of sp³-hybridized carbons (Fsp3) is 1.00. The van der Waals surface area contributed by atoms with E-state index >= 15 is 0 Å². The van der Waals surface area contributed by atoms with E-state index in [1.165, 1.54) is 6.42 Å².